The molecule has 0 bridgehead atoms. The second kappa shape index (κ2) is 10.5. The molecule has 0 saturated carbocycles. The molecule has 0 heterocycles. The first-order valence-corrected chi connectivity index (χ1v) is 12.5. The van der Waals surface area contributed by atoms with E-state index in [2.05, 4.69) is 83.8 Å². The molecule has 25 heavy (non-hydrogen) atoms. The van der Waals surface area contributed by atoms with Crippen molar-refractivity contribution in [2.75, 3.05) is 6.61 Å². The first-order valence-electron chi connectivity index (χ1n) is 9.04. The van der Waals surface area contributed by atoms with Gasteiger partial charge in [0.25, 0.3) is 0 Å². The van der Waals surface area contributed by atoms with Crippen LogP contribution in [0, 0.1) is 34.6 Å². The molecule has 0 spiro atoms. The van der Waals surface area contributed by atoms with Crippen LogP contribution >= 0.6 is 0 Å². The summed E-state index contributed by atoms with van der Waals surface area (Å²) in [6.45, 7) is 18.6. The van der Waals surface area contributed by atoms with Crippen molar-refractivity contribution in [3.63, 3.8) is 0 Å². The maximum atomic E-state index is 5.76. The number of terminal acetylenes is 1. The Kier molecular flexibility index (Phi) is 9.87. The lowest BCUT2D eigenvalue weighted by atomic mass is 9.92. The normalized spacial score (nSPS) is 11.5. The zero-order chi connectivity index (χ0) is 19.6. The molecular formula is C23H36OSi. The highest BCUT2D eigenvalue weighted by Gasteiger charge is 2.16. The van der Waals surface area contributed by atoms with Crippen LogP contribution in [0.5, 0.6) is 0 Å². The molecule has 2 heteroatoms. The van der Waals surface area contributed by atoms with Crippen LogP contribution in [-0.4, -0.2) is 14.7 Å². The monoisotopic (exact) mass is 356 g/mol. The van der Waals surface area contributed by atoms with E-state index in [4.69, 9.17) is 11.2 Å². The lowest BCUT2D eigenvalue weighted by Crippen LogP contribution is -2.21. The quantitative estimate of drug-likeness (QED) is 0.453. The SMILES string of the molecule is C#CC(C)(C)CC.CC(C)(C#C[Si](C)(C)C)COCc1ccccc1. The molecule has 0 radical (unpaired) electrons. The Morgan fingerprint density at radius 2 is 1.56 bits per heavy atom. The molecule has 0 aliphatic carbocycles. The van der Waals surface area contributed by atoms with Crippen molar-refractivity contribution in [2.45, 2.75) is 67.3 Å². The van der Waals surface area contributed by atoms with Gasteiger partial charge in [-0.2, -0.15) is 0 Å². The summed E-state index contributed by atoms with van der Waals surface area (Å²) in [6.07, 6.45) is 6.23. The summed E-state index contributed by atoms with van der Waals surface area (Å²) < 4.78 is 5.76. The number of hydrogen-bond acceptors (Lipinski definition) is 1. The number of rotatable bonds is 5. The summed E-state index contributed by atoms with van der Waals surface area (Å²) in [5, 5.41) is 0. The first kappa shape index (κ1) is 23.5. The van der Waals surface area contributed by atoms with Gasteiger partial charge in [0.2, 0.25) is 0 Å². The molecule has 0 aromatic heterocycles. The summed E-state index contributed by atoms with van der Waals surface area (Å²) in [5.41, 5.74) is 4.68. The topological polar surface area (TPSA) is 9.23 Å². The first-order chi connectivity index (χ1) is 11.4. The maximum absolute atomic E-state index is 5.76. The van der Waals surface area contributed by atoms with E-state index in [0.717, 1.165) is 6.42 Å². The lowest BCUT2D eigenvalue weighted by molar-refractivity contribution is 0.0753. The number of ether oxygens (including phenoxy) is 1. The molecule has 0 atom stereocenters. The molecule has 0 amide bonds. The van der Waals surface area contributed by atoms with Gasteiger partial charge < -0.3 is 4.74 Å². The van der Waals surface area contributed by atoms with Crippen LogP contribution in [-0.2, 0) is 11.3 Å². The predicted molar refractivity (Wildman–Crippen MR) is 114 cm³/mol. The molecular weight excluding hydrogens is 320 g/mol. The number of benzene rings is 1. The van der Waals surface area contributed by atoms with Crippen molar-refractivity contribution >= 4 is 8.07 Å². The highest BCUT2D eigenvalue weighted by molar-refractivity contribution is 6.83. The largest absolute Gasteiger partial charge is 0.375 e. The van der Waals surface area contributed by atoms with Crippen LogP contribution in [0.4, 0.5) is 0 Å². The van der Waals surface area contributed by atoms with Gasteiger partial charge in [-0.3, -0.25) is 0 Å². The second-order valence-corrected chi connectivity index (χ2v) is 13.5. The van der Waals surface area contributed by atoms with Gasteiger partial charge in [0.15, 0.2) is 0 Å². The molecule has 0 fully saturated rings. The minimum absolute atomic E-state index is 0.0605. The van der Waals surface area contributed by atoms with Crippen molar-refractivity contribution in [2.24, 2.45) is 10.8 Å². The Labute approximate surface area is 157 Å². The second-order valence-electron chi connectivity index (χ2n) is 8.74. The van der Waals surface area contributed by atoms with Crippen molar-refractivity contribution in [3.05, 3.63) is 35.9 Å². The molecule has 0 saturated heterocycles. The van der Waals surface area contributed by atoms with E-state index >= 15 is 0 Å². The van der Waals surface area contributed by atoms with E-state index in [1.54, 1.807) is 0 Å². The van der Waals surface area contributed by atoms with E-state index in [9.17, 15) is 0 Å². The molecule has 0 aliphatic rings. The molecule has 1 nitrogen and oxygen atoms in total. The minimum Gasteiger partial charge on any atom is -0.375 e. The van der Waals surface area contributed by atoms with Crippen molar-refractivity contribution in [1.82, 2.24) is 0 Å². The van der Waals surface area contributed by atoms with E-state index in [1.807, 2.05) is 18.2 Å². The van der Waals surface area contributed by atoms with Crippen molar-refractivity contribution in [3.8, 4) is 23.8 Å². The average molecular weight is 357 g/mol. The smallest absolute Gasteiger partial charge is 0.129 e. The van der Waals surface area contributed by atoms with Crippen molar-refractivity contribution in [1.29, 1.82) is 0 Å². The summed E-state index contributed by atoms with van der Waals surface area (Å²) in [4.78, 5) is 0. The van der Waals surface area contributed by atoms with Crippen LogP contribution < -0.4 is 0 Å². The Hall–Kier alpha value is -1.48. The Morgan fingerprint density at radius 1 is 1.00 bits per heavy atom. The Balaban J connectivity index is 0.000000697. The zero-order valence-electron chi connectivity index (χ0n) is 17.5. The van der Waals surface area contributed by atoms with Crippen LogP contribution in [0.2, 0.25) is 19.6 Å². The van der Waals surface area contributed by atoms with Gasteiger partial charge in [0.05, 0.1) is 13.2 Å². The summed E-state index contributed by atoms with van der Waals surface area (Å²) in [6, 6.07) is 10.3. The Bertz CT molecular complexity index is 589. The van der Waals surface area contributed by atoms with Gasteiger partial charge in [-0.25, -0.2) is 0 Å². The van der Waals surface area contributed by atoms with Gasteiger partial charge in [0.1, 0.15) is 8.07 Å². The fourth-order valence-corrected chi connectivity index (χ4v) is 2.21. The molecule has 0 N–H and O–H groups in total. The zero-order valence-corrected chi connectivity index (χ0v) is 18.5. The Morgan fingerprint density at radius 3 is 1.96 bits per heavy atom. The van der Waals surface area contributed by atoms with E-state index in [0.29, 0.717) is 13.2 Å². The fourth-order valence-electron chi connectivity index (χ4n) is 1.49. The molecule has 0 aliphatic heterocycles. The molecule has 1 rings (SSSR count). The summed E-state index contributed by atoms with van der Waals surface area (Å²) in [7, 11) is -1.29. The van der Waals surface area contributed by atoms with Crippen LogP contribution in [0.25, 0.3) is 0 Å². The van der Waals surface area contributed by atoms with Crippen LogP contribution in [0.1, 0.15) is 46.6 Å². The summed E-state index contributed by atoms with van der Waals surface area (Å²) >= 11 is 0. The molecule has 0 unspecified atom stereocenters. The van der Waals surface area contributed by atoms with Gasteiger partial charge in [-0.15, -0.1) is 23.8 Å². The van der Waals surface area contributed by atoms with E-state index in [1.165, 1.54) is 5.56 Å². The van der Waals surface area contributed by atoms with Gasteiger partial charge in [-0.05, 0) is 39.7 Å². The van der Waals surface area contributed by atoms with Gasteiger partial charge in [-0.1, -0.05) is 56.9 Å². The third-order valence-electron chi connectivity index (χ3n) is 3.62. The minimum atomic E-state index is -1.29. The standard InChI is InChI=1S/C16H24OSi.C7H12/c1-16(2,11-12-18(3,4)5)14-17-13-15-9-7-6-8-10-15;1-5-7(3,4)6-2/h6-10H,13-14H2,1-5H3;1H,6H2,2-4H3. The van der Waals surface area contributed by atoms with E-state index in [-0.39, 0.29) is 10.8 Å². The summed E-state index contributed by atoms with van der Waals surface area (Å²) in [5.74, 6) is 6.06. The van der Waals surface area contributed by atoms with E-state index < -0.39 is 8.07 Å². The number of hydrogen-bond donors (Lipinski definition) is 0. The molecule has 138 valence electrons. The van der Waals surface area contributed by atoms with Crippen LogP contribution in [0.15, 0.2) is 30.3 Å². The average Bonchev–Trinajstić information content (AvgIpc) is 2.54. The van der Waals surface area contributed by atoms with Gasteiger partial charge in [0, 0.05) is 10.8 Å². The lowest BCUT2D eigenvalue weighted by Gasteiger charge is -2.18. The maximum Gasteiger partial charge on any atom is 0.129 e. The highest BCUT2D eigenvalue weighted by Crippen LogP contribution is 2.16. The molecule has 1 aromatic carbocycles. The fraction of sp³-hybridized carbons (Fsp3) is 0.565. The third-order valence-corrected chi connectivity index (χ3v) is 4.50. The van der Waals surface area contributed by atoms with Crippen molar-refractivity contribution < 1.29 is 4.74 Å². The molecule has 1 aromatic rings. The third kappa shape index (κ3) is 13.5. The van der Waals surface area contributed by atoms with Gasteiger partial charge >= 0.3 is 0 Å². The highest BCUT2D eigenvalue weighted by atomic mass is 28.3. The predicted octanol–water partition coefficient (Wildman–Crippen LogP) is 6.17. The van der Waals surface area contributed by atoms with Crippen LogP contribution in [0.3, 0.4) is 0 Å².